The van der Waals surface area contributed by atoms with E-state index in [1.165, 1.54) is 12.8 Å². The number of thioether (sulfide) groups is 1. The first kappa shape index (κ1) is 19.8. The predicted molar refractivity (Wildman–Crippen MR) is 113 cm³/mol. The number of halogens is 1. The number of aromatic nitrogens is 2. The number of hydrogen-bond acceptors (Lipinski definition) is 4. The summed E-state index contributed by atoms with van der Waals surface area (Å²) >= 11 is 8.41. The van der Waals surface area contributed by atoms with E-state index in [-0.39, 0.29) is 11.8 Å². The molecule has 28 heavy (non-hydrogen) atoms. The molecule has 5 nitrogen and oxygen atoms in total. The van der Waals surface area contributed by atoms with Crippen molar-refractivity contribution in [2.75, 3.05) is 18.5 Å². The predicted octanol–water partition coefficient (Wildman–Crippen LogP) is 4.87. The first-order valence-corrected chi connectivity index (χ1v) is 11.2. The summed E-state index contributed by atoms with van der Waals surface area (Å²) < 4.78 is 7.17. The zero-order chi connectivity index (χ0) is 19.5. The van der Waals surface area contributed by atoms with Crippen molar-refractivity contribution < 1.29 is 9.53 Å². The summed E-state index contributed by atoms with van der Waals surface area (Å²) in [6.45, 7) is 1.55. The quantitative estimate of drug-likeness (QED) is 0.695. The van der Waals surface area contributed by atoms with Gasteiger partial charge in [-0.05, 0) is 55.7 Å². The fraction of sp³-hybridized carbons (Fsp3) is 0.524. The number of nitrogens with zero attached hydrogens (tertiary/aromatic N) is 2. The van der Waals surface area contributed by atoms with Crippen molar-refractivity contribution in [2.24, 2.45) is 13.0 Å². The van der Waals surface area contributed by atoms with Gasteiger partial charge in [0.15, 0.2) is 5.82 Å². The van der Waals surface area contributed by atoms with Gasteiger partial charge in [0.05, 0.1) is 10.9 Å². The van der Waals surface area contributed by atoms with Gasteiger partial charge in [-0.1, -0.05) is 17.7 Å². The topological polar surface area (TPSA) is 56.2 Å². The lowest BCUT2D eigenvalue weighted by atomic mass is 9.84. The van der Waals surface area contributed by atoms with Crippen LogP contribution in [0.5, 0.6) is 0 Å². The average molecular weight is 420 g/mol. The Bertz CT molecular complexity index is 831. The molecule has 1 atom stereocenters. The highest BCUT2D eigenvalue weighted by Gasteiger charge is 2.28. The minimum atomic E-state index is -0.248. The van der Waals surface area contributed by atoms with Gasteiger partial charge in [0.1, 0.15) is 0 Å². The molecule has 1 N–H and O–H groups in total. The lowest BCUT2D eigenvalue weighted by Gasteiger charge is -2.26. The molecule has 7 heteroatoms. The van der Waals surface area contributed by atoms with E-state index in [2.05, 4.69) is 22.5 Å². The first-order valence-electron chi connectivity index (χ1n) is 9.93. The van der Waals surface area contributed by atoms with Gasteiger partial charge in [0, 0.05) is 42.7 Å². The van der Waals surface area contributed by atoms with Crippen LogP contribution in [0.3, 0.4) is 0 Å². The number of carbonyl (C=O) groups excluding carboxylic acids is 1. The van der Waals surface area contributed by atoms with Crippen LogP contribution in [0.1, 0.15) is 43.6 Å². The van der Waals surface area contributed by atoms with Crippen molar-refractivity contribution >= 4 is 35.1 Å². The number of ether oxygens (including phenoxy) is 1. The lowest BCUT2D eigenvalue weighted by molar-refractivity contribution is -0.118. The van der Waals surface area contributed by atoms with Crippen molar-refractivity contribution in [3.05, 3.63) is 41.0 Å². The number of hydrogen-bond donors (Lipinski definition) is 1. The highest BCUT2D eigenvalue weighted by Crippen LogP contribution is 2.43. The average Bonchev–Trinajstić information content (AvgIpc) is 3.42. The van der Waals surface area contributed by atoms with Crippen LogP contribution in [-0.2, 0) is 16.6 Å². The van der Waals surface area contributed by atoms with Crippen molar-refractivity contribution in [3.8, 4) is 0 Å². The van der Waals surface area contributed by atoms with Gasteiger partial charge >= 0.3 is 0 Å². The normalized spacial score (nSPS) is 18.8. The molecule has 1 amide bonds. The number of benzene rings is 1. The molecule has 2 fully saturated rings. The van der Waals surface area contributed by atoms with E-state index in [0.717, 1.165) is 48.0 Å². The Kier molecular flexibility index (Phi) is 6.28. The molecule has 2 aromatic rings. The fourth-order valence-corrected chi connectivity index (χ4v) is 4.97. The van der Waals surface area contributed by atoms with E-state index < -0.39 is 0 Å². The fourth-order valence-electron chi connectivity index (χ4n) is 3.60. The Morgan fingerprint density at radius 2 is 2.11 bits per heavy atom. The Morgan fingerprint density at radius 3 is 2.75 bits per heavy atom. The summed E-state index contributed by atoms with van der Waals surface area (Å²) in [6.07, 6.45) is 7.15. The molecule has 2 heterocycles. The van der Waals surface area contributed by atoms with Gasteiger partial charge in [0.25, 0.3) is 0 Å². The van der Waals surface area contributed by atoms with E-state index in [1.807, 2.05) is 37.1 Å². The molecule has 0 radical (unpaired) electrons. The minimum Gasteiger partial charge on any atom is -0.381 e. The van der Waals surface area contributed by atoms with Crippen LogP contribution in [0.4, 0.5) is 5.82 Å². The van der Waals surface area contributed by atoms with Crippen LogP contribution in [0.2, 0.25) is 5.02 Å². The lowest BCUT2D eigenvalue weighted by Crippen LogP contribution is -2.26. The van der Waals surface area contributed by atoms with Crippen molar-refractivity contribution in [3.63, 3.8) is 0 Å². The molecule has 1 aromatic carbocycles. The summed E-state index contributed by atoms with van der Waals surface area (Å²) in [6, 6.07) is 7.93. The van der Waals surface area contributed by atoms with E-state index in [9.17, 15) is 4.79 Å². The second-order valence-corrected chi connectivity index (χ2v) is 9.46. The van der Waals surface area contributed by atoms with E-state index in [0.29, 0.717) is 17.0 Å². The molecule has 150 valence electrons. The Labute approximate surface area is 175 Å². The van der Waals surface area contributed by atoms with Crippen molar-refractivity contribution in [1.82, 2.24) is 9.78 Å². The van der Waals surface area contributed by atoms with Gasteiger partial charge in [-0.3, -0.25) is 9.48 Å². The van der Waals surface area contributed by atoms with Crippen LogP contribution in [0.25, 0.3) is 0 Å². The molecule has 2 aliphatic rings. The van der Waals surface area contributed by atoms with Gasteiger partial charge < -0.3 is 10.1 Å². The summed E-state index contributed by atoms with van der Waals surface area (Å²) in [4.78, 5) is 14.3. The highest BCUT2D eigenvalue weighted by molar-refractivity contribution is 8.00. The Hall–Kier alpha value is -1.50. The Morgan fingerprint density at radius 1 is 1.32 bits per heavy atom. The zero-order valence-electron chi connectivity index (χ0n) is 16.1. The molecule has 1 aliphatic carbocycles. The first-order chi connectivity index (χ1) is 13.6. The third-order valence-corrected chi connectivity index (χ3v) is 7.21. The van der Waals surface area contributed by atoms with Gasteiger partial charge in [0.2, 0.25) is 5.91 Å². The second-order valence-electron chi connectivity index (χ2n) is 7.72. The summed E-state index contributed by atoms with van der Waals surface area (Å²) in [5, 5.41) is 8.71. The highest BCUT2D eigenvalue weighted by atomic mass is 35.5. The second kappa shape index (κ2) is 8.89. The third kappa shape index (κ3) is 5.10. The van der Waals surface area contributed by atoms with Crippen LogP contribution >= 0.6 is 23.4 Å². The van der Waals surface area contributed by atoms with E-state index >= 15 is 0 Å². The smallest absolute Gasteiger partial charge is 0.233 e. The SMILES string of the molecule is Cn1ccc(NC(=O)C(CC2CCOCC2)c2ccc(SC3CC3)c(Cl)c2)n1. The van der Waals surface area contributed by atoms with Gasteiger partial charge in [-0.25, -0.2) is 0 Å². The largest absolute Gasteiger partial charge is 0.381 e. The summed E-state index contributed by atoms with van der Waals surface area (Å²) in [5.41, 5.74) is 0.977. The van der Waals surface area contributed by atoms with Crippen LogP contribution < -0.4 is 5.32 Å². The Balaban J connectivity index is 1.54. The maximum absolute atomic E-state index is 13.1. The van der Waals surface area contributed by atoms with Crippen molar-refractivity contribution in [2.45, 2.75) is 48.2 Å². The maximum Gasteiger partial charge on any atom is 0.233 e. The molecular formula is C21H26ClN3O2S. The number of anilines is 1. The molecular weight excluding hydrogens is 394 g/mol. The number of carbonyl (C=O) groups is 1. The number of aryl methyl sites for hydroxylation is 1. The van der Waals surface area contributed by atoms with Crippen LogP contribution in [0, 0.1) is 5.92 Å². The van der Waals surface area contributed by atoms with Crippen LogP contribution in [-0.4, -0.2) is 34.2 Å². The van der Waals surface area contributed by atoms with Crippen molar-refractivity contribution in [1.29, 1.82) is 0 Å². The molecule has 1 saturated heterocycles. The zero-order valence-corrected chi connectivity index (χ0v) is 17.6. The molecule has 1 aliphatic heterocycles. The molecule has 4 rings (SSSR count). The molecule has 1 saturated carbocycles. The summed E-state index contributed by atoms with van der Waals surface area (Å²) in [5.74, 6) is 0.787. The monoisotopic (exact) mass is 419 g/mol. The number of amides is 1. The standard InChI is InChI=1S/C21H26ClN3O2S/c1-25-9-6-20(24-25)23-21(26)17(12-14-7-10-27-11-8-14)15-2-5-19(18(22)13-15)28-16-3-4-16/h2,5-6,9,13-14,16-17H,3-4,7-8,10-12H2,1H3,(H,23,24,26). The number of rotatable bonds is 7. The van der Waals surface area contributed by atoms with Gasteiger partial charge in [-0.2, -0.15) is 5.10 Å². The number of nitrogens with one attached hydrogen (secondary N) is 1. The van der Waals surface area contributed by atoms with Crippen LogP contribution in [0.15, 0.2) is 35.4 Å². The molecule has 1 aromatic heterocycles. The summed E-state index contributed by atoms with van der Waals surface area (Å²) in [7, 11) is 1.84. The minimum absolute atomic E-state index is 0.0242. The van der Waals surface area contributed by atoms with E-state index in [1.54, 1.807) is 4.68 Å². The van der Waals surface area contributed by atoms with E-state index in [4.69, 9.17) is 16.3 Å². The molecule has 0 spiro atoms. The molecule has 1 unspecified atom stereocenters. The third-order valence-electron chi connectivity index (χ3n) is 5.37. The molecule has 0 bridgehead atoms. The maximum atomic E-state index is 13.1. The van der Waals surface area contributed by atoms with Gasteiger partial charge in [-0.15, -0.1) is 11.8 Å².